The fraction of sp³-hybridized carbons (Fsp3) is 0.250. The third-order valence-electron chi connectivity index (χ3n) is 2.59. The highest BCUT2D eigenvalue weighted by atomic mass is 79.9. The van der Waals surface area contributed by atoms with Crippen molar-refractivity contribution in [3.63, 3.8) is 0 Å². The molecule has 0 aliphatic rings. The minimum absolute atomic E-state index is 0.0784. The average Bonchev–Trinajstić information content (AvgIpc) is 2.57. The van der Waals surface area contributed by atoms with Crippen LogP contribution in [0.3, 0.4) is 0 Å². The molecule has 0 aliphatic carbocycles. The Labute approximate surface area is 113 Å². The summed E-state index contributed by atoms with van der Waals surface area (Å²) in [6, 6.07) is 7.98. The molecule has 5 heteroatoms. The number of nitrogens with zero attached hydrogens (tertiary/aromatic N) is 2. The van der Waals surface area contributed by atoms with Gasteiger partial charge in [0.25, 0.3) is 0 Å². The Bertz CT molecular complexity index is 522. The van der Waals surface area contributed by atoms with Gasteiger partial charge in [-0.15, -0.1) is 0 Å². The second-order valence-corrected chi connectivity index (χ2v) is 5.07. The zero-order valence-electron chi connectivity index (χ0n) is 9.32. The van der Waals surface area contributed by atoms with Crippen molar-refractivity contribution in [1.82, 2.24) is 9.78 Å². The van der Waals surface area contributed by atoms with Gasteiger partial charge in [0.2, 0.25) is 0 Å². The highest BCUT2D eigenvalue weighted by Crippen LogP contribution is 2.21. The Balaban J connectivity index is 2.27. The lowest BCUT2D eigenvalue weighted by Crippen LogP contribution is -2.02. The maximum Gasteiger partial charge on any atom is 0.133 e. The van der Waals surface area contributed by atoms with Crippen molar-refractivity contribution in [2.24, 2.45) is 0 Å². The van der Waals surface area contributed by atoms with E-state index in [-0.39, 0.29) is 6.61 Å². The molecule has 2 aromatic rings. The zero-order valence-corrected chi connectivity index (χ0v) is 11.7. The quantitative estimate of drug-likeness (QED) is 0.945. The zero-order chi connectivity index (χ0) is 12.4. The van der Waals surface area contributed by atoms with Crippen molar-refractivity contribution < 1.29 is 5.11 Å². The van der Waals surface area contributed by atoms with Gasteiger partial charge < -0.3 is 5.11 Å². The predicted molar refractivity (Wildman–Crippen MR) is 71.1 cm³/mol. The molecule has 0 saturated carbocycles. The van der Waals surface area contributed by atoms with Gasteiger partial charge >= 0.3 is 0 Å². The van der Waals surface area contributed by atoms with Gasteiger partial charge in [-0.3, -0.25) is 0 Å². The molecular weight excluding hydrogens is 304 g/mol. The van der Waals surface area contributed by atoms with Crippen molar-refractivity contribution in [2.75, 3.05) is 0 Å². The van der Waals surface area contributed by atoms with E-state index in [0.717, 1.165) is 15.7 Å². The third kappa shape index (κ3) is 2.70. The normalized spacial score (nSPS) is 10.8. The summed E-state index contributed by atoms with van der Waals surface area (Å²) in [5, 5.41) is 14.0. The first-order valence-corrected chi connectivity index (χ1v) is 6.36. The topological polar surface area (TPSA) is 38.0 Å². The summed E-state index contributed by atoms with van der Waals surface area (Å²) >= 11 is 9.53. The average molecular weight is 316 g/mol. The second kappa shape index (κ2) is 5.21. The number of halogens is 2. The number of aryl methyl sites for hydroxylation is 1. The lowest BCUT2D eigenvalue weighted by molar-refractivity contribution is 0.281. The smallest absolute Gasteiger partial charge is 0.133 e. The molecule has 1 aromatic carbocycles. The Morgan fingerprint density at radius 3 is 2.53 bits per heavy atom. The first-order chi connectivity index (χ1) is 8.11. The summed E-state index contributed by atoms with van der Waals surface area (Å²) < 4.78 is 2.74. The van der Waals surface area contributed by atoms with Gasteiger partial charge in [-0.05, 0) is 24.6 Å². The molecule has 0 spiro atoms. The third-order valence-corrected chi connectivity index (χ3v) is 3.54. The van der Waals surface area contributed by atoms with Crippen molar-refractivity contribution in [3.05, 3.63) is 50.7 Å². The van der Waals surface area contributed by atoms with Gasteiger partial charge in [0.05, 0.1) is 18.8 Å². The molecule has 0 saturated heterocycles. The maximum atomic E-state index is 9.17. The molecule has 0 radical (unpaired) electrons. The van der Waals surface area contributed by atoms with E-state index in [9.17, 15) is 5.11 Å². The number of aromatic nitrogens is 2. The highest BCUT2D eigenvalue weighted by Gasteiger charge is 2.12. The van der Waals surface area contributed by atoms with Crippen LogP contribution in [0.2, 0.25) is 5.15 Å². The summed E-state index contributed by atoms with van der Waals surface area (Å²) in [6.45, 7) is 2.37. The van der Waals surface area contributed by atoms with E-state index < -0.39 is 0 Å². The van der Waals surface area contributed by atoms with Crippen LogP contribution < -0.4 is 0 Å². The van der Waals surface area contributed by atoms with Crippen LogP contribution in [0.4, 0.5) is 0 Å². The molecule has 0 amide bonds. The van der Waals surface area contributed by atoms with Crippen molar-refractivity contribution in [3.8, 4) is 0 Å². The molecule has 2 rings (SSSR count). The van der Waals surface area contributed by atoms with Crippen molar-refractivity contribution in [1.29, 1.82) is 0 Å². The number of aliphatic hydroxyl groups is 1. The van der Waals surface area contributed by atoms with Crippen LogP contribution in [0.15, 0.2) is 28.7 Å². The molecule has 0 bridgehead atoms. The number of hydrogen-bond acceptors (Lipinski definition) is 2. The van der Waals surface area contributed by atoms with E-state index in [1.54, 1.807) is 4.68 Å². The van der Waals surface area contributed by atoms with Gasteiger partial charge in [0.15, 0.2) is 0 Å². The summed E-state index contributed by atoms with van der Waals surface area (Å²) in [6.07, 6.45) is 0. The van der Waals surface area contributed by atoms with Crippen LogP contribution in [0.5, 0.6) is 0 Å². The minimum Gasteiger partial charge on any atom is -0.391 e. The van der Waals surface area contributed by atoms with Gasteiger partial charge in [0, 0.05) is 10.0 Å². The molecule has 0 fully saturated rings. The Kier molecular flexibility index (Phi) is 3.86. The largest absolute Gasteiger partial charge is 0.391 e. The van der Waals surface area contributed by atoms with Crippen LogP contribution in [0.1, 0.15) is 16.8 Å². The number of hydrogen-bond donors (Lipinski definition) is 1. The molecule has 17 heavy (non-hydrogen) atoms. The molecule has 90 valence electrons. The molecule has 1 aromatic heterocycles. The van der Waals surface area contributed by atoms with E-state index >= 15 is 0 Å². The number of rotatable bonds is 3. The number of benzene rings is 1. The standard InChI is InChI=1S/C12H12BrClN2O/c1-8-11(7-17)12(14)16(15-8)6-9-2-4-10(13)5-3-9/h2-5,17H,6-7H2,1H3. The van der Waals surface area contributed by atoms with Gasteiger partial charge in [-0.2, -0.15) is 5.10 Å². The molecule has 3 nitrogen and oxygen atoms in total. The second-order valence-electron chi connectivity index (χ2n) is 3.80. The molecule has 0 unspecified atom stereocenters. The summed E-state index contributed by atoms with van der Waals surface area (Å²) in [4.78, 5) is 0. The van der Waals surface area contributed by atoms with Crippen LogP contribution in [-0.2, 0) is 13.2 Å². The first kappa shape index (κ1) is 12.6. The van der Waals surface area contributed by atoms with E-state index in [4.69, 9.17) is 11.6 Å². The SMILES string of the molecule is Cc1nn(Cc2ccc(Br)cc2)c(Cl)c1CO. The molecular formula is C12H12BrClN2O. The van der Waals surface area contributed by atoms with Crippen LogP contribution in [-0.4, -0.2) is 14.9 Å². The van der Waals surface area contributed by atoms with E-state index in [1.807, 2.05) is 31.2 Å². The Hall–Kier alpha value is -0.840. The molecule has 0 atom stereocenters. The highest BCUT2D eigenvalue weighted by molar-refractivity contribution is 9.10. The van der Waals surface area contributed by atoms with Gasteiger partial charge in [0.1, 0.15) is 5.15 Å². The molecule has 1 heterocycles. The Morgan fingerprint density at radius 1 is 1.35 bits per heavy atom. The summed E-state index contributed by atoms with van der Waals surface area (Å²) in [7, 11) is 0. The van der Waals surface area contributed by atoms with Crippen LogP contribution >= 0.6 is 27.5 Å². The fourth-order valence-corrected chi connectivity index (χ4v) is 2.20. The van der Waals surface area contributed by atoms with Gasteiger partial charge in [-0.25, -0.2) is 4.68 Å². The van der Waals surface area contributed by atoms with Crippen LogP contribution in [0, 0.1) is 6.92 Å². The predicted octanol–water partition coefficient (Wildman–Crippen LogP) is 3.15. The molecule has 1 N–H and O–H groups in total. The Morgan fingerprint density at radius 2 is 2.00 bits per heavy atom. The lowest BCUT2D eigenvalue weighted by Gasteiger charge is -2.04. The first-order valence-electron chi connectivity index (χ1n) is 5.19. The van der Waals surface area contributed by atoms with Crippen molar-refractivity contribution in [2.45, 2.75) is 20.1 Å². The lowest BCUT2D eigenvalue weighted by atomic mass is 10.2. The van der Waals surface area contributed by atoms with E-state index in [1.165, 1.54) is 0 Å². The van der Waals surface area contributed by atoms with Crippen molar-refractivity contribution >= 4 is 27.5 Å². The number of aliphatic hydroxyl groups excluding tert-OH is 1. The van der Waals surface area contributed by atoms with E-state index in [2.05, 4.69) is 21.0 Å². The van der Waals surface area contributed by atoms with E-state index in [0.29, 0.717) is 17.3 Å². The monoisotopic (exact) mass is 314 g/mol. The maximum absolute atomic E-state index is 9.17. The summed E-state index contributed by atoms with van der Waals surface area (Å²) in [5.41, 5.74) is 2.58. The van der Waals surface area contributed by atoms with Crippen LogP contribution in [0.25, 0.3) is 0 Å². The summed E-state index contributed by atoms with van der Waals surface area (Å²) in [5.74, 6) is 0. The fourth-order valence-electron chi connectivity index (χ4n) is 1.64. The minimum atomic E-state index is -0.0784. The molecule has 0 aliphatic heterocycles. The van der Waals surface area contributed by atoms with Gasteiger partial charge in [-0.1, -0.05) is 39.7 Å².